The number of nitrogens with zero attached hydrogens (tertiary/aromatic N) is 2. The molecule has 1 aromatic carbocycles. The molecule has 1 unspecified atom stereocenters. The summed E-state index contributed by atoms with van der Waals surface area (Å²) in [6.07, 6.45) is 1.64. The number of pyridine rings is 2. The van der Waals surface area contributed by atoms with Crippen LogP contribution in [0.3, 0.4) is 0 Å². The van der Waals surface area contributed by atoms with Crippen LogP contribution in [0.25, 0.3) is 22.2 Å². The minimum absolute atomic E-state index is 0.202. The van der Waals surface area contributed by atoms with Crippen molar-refractivity contribution in [3.05, 3.63) is 64.6 Å². The van der Waals surface area contributed by atoms with E-state index in [4.69, 9.17) is 5.14 Å². The Labute approximate surface area is 145 Å². The third-order valence-electron chi connectivity index (χ3n) is 4.28. The van der Waals surface area contributed by atoms with Crippen molar-refractivity contribution in [3.8, 4) is 11.1 Å². The molecular formula is C17H18N4O3S. The lowest BCUT2D eigenvalue weighted by Crippen LogP contribution is -2.35. The molecule has 0 saturated heterocycles. The molecule has 3 N–H and O–H groups in total. The standard InChI is InChI=1S/C17H18N4O3S/c1-11(21(2)25(18,23)24)12-3-5-13(6-4-12)14-9-10-19-17-15(14)7-8-16(22)20-17/h3-11H,1-2H3,(H2,18,23,24)(H,19,20,22). The number of aromatic nitrogens is 2. The first-order valence-corrected chi connectivity index (χ1v) is 9.12. The van der Waals surface area contributed by atoms with Gasteiger partial charge in [0.2, 0.25) is 5.56 Å². The van der Waals surface area contributed by atoms with Gasteiger partial charge in [0.25, 0.3) is 10.2 Å². The van der Waals surface area contributed by atoms with Crippen molar-refractivity contribution in [2.75, 3.05) is 7.05 Å². The van der Waals surface area contributed by atoms with Crippen LogP contribution in [0.1, 0.15) is 18.5 Å². The topological polar surface area (TPSA) is 109 Å². The van der Waals surface area contributed by atoms with E-state index in [0.29, 0.717) is 5.65 Å². The molecule has 7 nitrogen and oxygen atoms in total. The molecule has 1 atom stereocenters. The molecular weight excluding hydrogens is 340 g/mol. The van der Waals surface area contributed by atoms with E-state index in [9.17, 15) is 13.2 Å². The van der Waals surface area contributed by atoms with Gasteiger partial charge in [-0.1, -0.05) is 24.3 Å². The number of hydrogen-bond donors (Lipinski definition) is 2. The molecule has 8 heteroatoms. The predicted octanol–water partition coefficient (Wildman–Crippen LogP) is 1.79. The van der Waals surface area contributed by atoms with Gasteiger partial charge >= 0.3 is 0 Å². The molecule has 0 fully saturated rings. The van der Waals surface area contributed by atoms with Gasteiger partial charge in [0.1, 0.15) is 5.65 Å². The Morgan fingerprint density at radius 3 is 2.44 bits per heavy atom. The summed E-state index contributed by atoms with van der Waals surface area (Å²) in [5, 5.41) is 6.01. The zero-order chi connectivity index (χ0) is 18.2. The normalized spacial score (nSPS) is 13.3. The third-order valence-corrected chi connectivity index (χ3v) is 5.40. The van der Waals surface area contributed by atoms with Gasteiger partial charge < -0.3 is 4.98 Å². The summed E-state index contributed by atoms with van der Waals surface area (Å²) in [6, 6.07) is 12.2. The highest BCUT2D eigenvalue weighted by Crippen LogP contribution is 2.28. The van der Waals surface area contributed by atoms with Gasteiger partial charge in [-0.05, 0) is 35.7 Å². The van der Waals surface area contributed by atoms with Gasteiger partial charge in [-0.2, -0.15) is 12.7 Å². The largest absolute Gasteiger partial charge is 0.307 e. The lowest BCUT2D eigenvalue weighted by molar-refractivity contribution is 0.399. The molecule has 2 heterocycles. The average Bonchev–Trinajstić information content (AvgIpc) is 2.59. The molecule has 3 rings (SSSR count). The molecule has 0 bridgehead atoms. The number of benzene rings is 1. The van der Waals surface area contributed by atoms with Crippen LogP contribution in [-0.2, 0) is 10.2 Å². The predicted molar refractivity (Wildman–Crippen MR) is 97.1 cm³/mol. The molecule has 0 amide bonds. The van der Waals surface area contributed by atoms with Crippen LogP contribution >= 0.6 is 0 Å². The van der Waals surface area contributed by atoms with Crippen LogP contribution in [0.15, 0.2) is 53.5 Å². The molecule has 0 saturated carbocycles. The minimum atomic E-state index is -3.75. The molecule has 0 aliphatic carbocycles. The summed E-state index contributed by atoms with van der Waals surface area (Å²) in [5.74, 6) is 0. The van der Waals surface area contributed by atoms with Crippen molar-refractivity contribution >= 4 is 21.2 Å². The van der Waals surface area contributed by atoms with Crippen molar-refractivity contribution in [1.29, 1.82) is 0 Å². The van der Waals surface area contributed by atoms with Gasteiger partial charge in [-0.3, -0.25) is 4.79 Å². The van der Waals surface area contributed by atoms with E-state index in [-0.39, 0.29) is 11.6 Å². The maximum atomic E-state index is 11.5. The number of H-pyrrole nitrogens is 1. The molecule has 0 spiro atoms. The zero-order valence-corrected chi connectivity index (χ0v) is 14.6. The number of nitrogens with two attached hydrogens (primary N) is 1. The highest BCUT2D eigenvalue weighted by molar-refractivity contribution is 7.86. The highest BCUT2D eigenvalue weighted by Gasteiger charge is 2.20. The van der Waals surface area contributed by atoms with Crippen LogP contribution in [0.2, 0.25) is 0 Å². The van der Waals surface area contributed by atoms with Gasteiger partial charge in [0, 0.05) is 30.7 Å². The van der Waals surface area contributed by atoms with Crippen LogP contribution < -0.4 is 10.7 Å². The van der Waals surface area contributed by atoms with E-state index in [2.05, 4.69) is 9.97 Å². The average molecular weight is 358 g/mol. The van der Waals surface area contributed by atoms with E-state index >= 15 is 0 Å². The number of aromatic amines is 1. The fourth-order valence-corrected chi connectivity index (χ4v) is 3.24. The van der Waals surface area contributed by atoms with Crippen molar-refractivity contribution < 1.29 is 8.42 Å². The Balaban J connectivity index is 2.00. The van der Waals surface area contributed by atoms with E-state index in [1.165, 1.54) is 13.1 Å². The smallest absolute Gasteiger partial charge is 0.277 e. The number of rotatable bonds is 4. The summed E-state index contributed by atoms with van der Waals surface area (Å²) in [5.41, 5.74) is 3.02. The lowest BCUT2D eigenvalue weighted by Gasteiger charge is -2.22. The second kappa shape index (κ2) is 6.40. The molecule has 130 valence electrons. The zero-order valence-electron chi connectivity index (χ0n) is 13.8. The first-order valence-electron chi connectivity index (χ1n) is 7.61. The van der Waals surface area contributed by atoms with Crippen molar-refractivity contribution in [3.63, 3.8) is 0 Å². The summed E-state index contributed by atoms with van der Waals surface area (Å²) >= 11 is 0. The monoisotopic (exact) mass is 358 g/mol. The third kappa shape index (κ3) is 3.46. The van der Waals surface area contributed by atoms with Crippen molar-refractivity contribution in [2.24, 2.45) is 5.14 Å². The first kappa shape index (κ1) is 17.3. The molecule has 2 aromatic heterocycles. The van der Waals surface area contributed by atoms with Crippen molar-refractivity contribution in [1.82, 2.24) is 14.3 Å². The highest BCUT2D eigenvalue weighted by atomic mass is 32.2. The Hall–Kier alpha value is -2.55. The second-order valence-corrected chi connectivity index (χ2v) is 7.41. The SMILES string of the molecule is CC(c1ccc(-c2ccnc3[nH]c(=O)ccc23)cc1)N(C)S(N)(=O)=O. The quantitative estimate of drug-likeness (QED) is 0.741. The Morgan fingerprint density at radius 1 is 1.12 bits per heavy atom. The van der Waals surface area contributed by atoms with Gasteiger partial charge in [0.15, 0.2) is 0 Å². The summed E-state index contributed by atoms with van der Waals surface area (Å²) in [6.45, 7) is 1.77. The summed E-state index contributed by atoms with van der Waals surface area (Å²) in [7, 11) is -2.31. The van der Waals surface area contributed by atoms with Gasteiger partial charge in [-0.25, -0.2) is 10.1 Å². The van der Waals surface area contributed by atoms with E-state index in [0.717, 1.165) is 26.4 Å². The van der Waals surface area contributed by atoms with Gasteiger partial charge in [0.05, 0.1) is 0 Å². The van der Waals surface area contributed by atoms with Crippen LogP contribution in [0.5, 0.6) is 0 Å². The number of nitrogens with one attached hydrogen (secondary N) is 1. The Morgan fingerprint density at radius 2 is 1.80 bits per heavy atom. The first-order chi connectivity index (χ1) is 11.8. The van der Waals surface area contributed by atoms with E-state index < -0.39 is 10.2 Å². The fourth-order valence-electron chi connectivity index (χ4n) is 2.68. The van der Waals surface area contributed by atoms with E-state index in [1.54, 1.807) is 19.2 Å². The summed E-state index contributed by atoms with van der Waals surface area (Å²) < 4.78 is 24.1. The van der Waals surface area contributed by atoms with Crippen LogP contribution in [0, 0.1) is 0 Å². The van der Waals surface area contributed by atoms with Crippen molar-refractivity contribution in [2.45, 2.75) is 13.0 Å². The van der Waals surface area contributed by atoms with Crippen LogP contribution in [0.4, 0.5) is 0 Å². The van der Waals surface area contributed by atoms with E-state index in [1.807, 2.05) is 30.3 Å². The fraction of sp³-hybridized carbons (Fsp3) is 0.176. The maximum Gasteiger partial charge on any atom is 0.277 e. The Bertz CT molecular complexity index is 1070. The molecule has 0 radical (unpaired) electrons. The molecule has 0 aliphatic rings. The van der Waals surface area contributed by atoms with Gasteiger partial charge in [-0.15, -0.1) is 0 Å². The molecule has 25 heavy (non-hydrogen) atoms. The molecule has 0 aliphatic heterocycles. The summed E-state index contributed by atoms with van der Waals surface area (Å²) in [4.78, 5) is 18.3. The number of fused-ring (bicyclic) bond motifs is 1. The second-order valence-electron chi connectivity index (χ2n) is 5.80. The Kier molecular flexibility index (Phi) is 4.42. The molecule has 3 aromatic rings. The lowest BCUT2D eigenvalue weighted by atomic mass is 10.00. The number of hydrogen-bond acceptors (Lipinski definition) is 4. The van der Waals surface area contributed by atoms with Crippen LogP contribution in [-0.4, -0.2) is 29.7 Å². The minimum Gasteiger partial charge on any atom is -0.307 e. The maximum absolute atomic E-state index is 11.5.